The average Bonchev–Trinajstić information content (AvgIpc) is 2.26. The fraction of sp³-hybridized carbons (Fsp3) is 0.900. The molecule has 1 rings (SSSR count). The van der Waals surface area contributed by atoms with Crippen molar-refractivity contribution in [3.8, 4) is 0 Å². The molecule has 0 spiro atoms. The van der Waals surface area contributed by atoms with Crippen LogP contribution in [0.2, 0.25) is 0 Å². The zero-order valence-electron chi connectivity index (χ0n) is 8.22. The van der Waals surface area contributed by atoms with Crippen LogP contribution in [0.25, 0.3) is 0 Å². The summed E-state index contributed by atoms with van der Waals surface area (Å²) >= 11 is 6.74. The first kappa shape index (κ1) is 13.5. The van der Waals surface area contributed by atoms with Crippen molar-refractivity contribution in [1.82, 2.24) is 0 Å². The van der Waals surface area contributed by atoms with Crippen molar-refractivity contribution >= 4 is 62.5 Å². The number of alkyl halides is 2. The van der Waals surface area contributed by atoms with Gasteiger partial charge in [0.1, 0.15) is 0 Å². The molecule has 1 saturated carbocycles. The van der Waals surface area contributed by atoms with Crippen molar-refractivity contribution in [3.05, 3.63) is 0 Å². The first-order valence-electron chi connectivity index (χ1n) is 5.04. The Bertz CT molecular complexity index is 178. The second kappa shape index (κ2) is 7.70. The highest BCUT2D eigenvalue weighted by molar-refractivity contribution is 14.1. The van der Waals surface area contributed by atoms with E-state index in [2.05, 4.69) is 45.2 Å². The van der Waals surface area contributed by atoms with Crippen molar-refractivity contribution in [3.63, 3.8) is 0 Å². The van der Waals surface area contributed by atoms with Crippen LogP contribution in [0.3, 0.4) is 0 Å². The lowest BCUT2D eigenvalue weighted by Gasteiger charge is -2.34. The molecule has 1 fully saturated rings. The van der Waals surface area contributed by atoms with Crippen LogP contribution < -0.4 is 0 Å². The van der Waals surface area contributed by atoms with Gasteiger partial charge in [-0.3, -0.25) is 0 Å². The molecule has 0 aromatic carbocycles. The van der Waals surface area contributed by atoms with Crippen molar-refractivity contribution in [2.45, 2.75) is 19.3 Å². The van der Waals surface area contributed by atoms with Crippen LogP contribution in [0.5, 0.6) is 0 Å². The van der Waals surface area contributed by atoms with Gasteiger partial charge in [-0.1, -0.05) is 45.2 Å². The minimum Gasteiger partial charge on any atom is -0.302 e. The molecule has 14 heavy (non-hydrogen) atoms. The van der Waals surface area contributed by atoms with Gasteiger partial charge < -0.3 is 5.41 Å². The van der Waals surface area contributed by atoms with Crippen molar-refractivity contribution in [2.75, 3.05) is 14.6 Å². The predicted octanol–water partition coefficient (Wildman–Crippen LogP) is 4.23. The van der Waals surface area contributed by atoms with E-state index in [4.69, 9.17) is 5.41 Å². The van der Waals surface area contributed by atoms with E-state index >= 15 is 0 Å². The molecule has 0 amide bonds. The summed E-state index contributed by atoms with van der Waals surface area (Å²) in [7, 11) is 0. The summed E-state index contributed by atoms with van der Waals surface area (Å²) in [5.41, 5.74) is 1.49. The van der Waals surface area contributed by atoms with Crippen LogP contribution in [-0.2, 0) is 0 Å². The van der Waals surface area contributed by atoms with E-state index in [0.717, 1.165) is 17.8 Å². The summed E-state index contributed by atoms with van der Waals surface area (Å²) in [5.74, 6) is 3.93. The Morgan fingerprint density at radius 3 is 2.57 bits per heavy atom. The summed E-state index contributed by atoms with van der Waals surface area (Å²) in [6.07, 6.45) is 4.23. The highest BCUT2D eigenvalue weighted by Crippen LogP contribution is 2.37. The SMILES string of the molecule is N=CSCC1CCC(CI)CC1CI. The minimum absolute atomic E-state index is 0.873. The number of nitrogens with one attached hydrogen (secondary N) is 1. The topological polar surface area (TPSA) is 23.9 Å². The normalized spacial score (nSPS) is 32.9. The van der Waals surface area contributed by atoms with Crippen LogP contribution in [0.15, 0.2) is 0 Å². The highest BCUT2D eigenvalue weighted by atomic mass is 127. The van der Waals surface area contributed by atoms with Gasteiger partial charge >= 0.3 is 0 Å². The van der Waals surface area contributed by atoms with Crippen LogP contribution in [0.4, 0.5) is 0 Å². The Labute approximate surface area is 118 Å². The molecule has 0 heterocycles. The molecule has 4 heteroatoms. The predicted molar refractivity (Wildman–Crippen MR) is 83.3 cm³/mol. The summed E-state index contributed by atoms with van der Waals surface area (Å²) in [4.78, 5) is 0. The molecule has 0 aromatic rings. The second-order valence-electron chi connectivity index (χ2n) is 3.96. The molecule has 3 unspecified atom stereocenters. The molecule has 3 atom stereocenters. The Balaban J connectivity index is 2.39. The molecule has 1 aliphatic rings. The summed E-state index contributed by atoms with van der Waals surface area (Å²) < 4.78 is 2.63. The van der Waals surface area contributed by atoms with Gasteiger partial charge in [0.05, 0.1) is 5.55 Å². The fourth-order valence-electron chi connectivity index (χ4n) is 2.14. The smallest absolute Gasteiger partial charge is 0.0506 e. The fourth-order valence-corrected chi connectivity index (χ4v) is 4.81. The van der Waals surface area contributed by atoms with E-state index in [1.807, 2.05) is 0 Å². The first-order valence-corrected chi connectivity index (χ1v) is 9.14. The van der Waals surface area contributed by atoms with E-state index in [1.54, 1.807) is 11.8 Å². The standard InChI is InChI=1S/C10H17I2NS/c11-4-8-1-2-9(6-14-7-13)10(3-8)5-12/h7-10,13H,1-6H2. The maximum absolute atomic E-state index is 7.05. The summed E-state index contributed by atoms with van der Waals surface area (Å²) in [6.45, 7) is 0. The van der Waals surface area contributed by atoms with Gasteiger partial charge in [0, 0.05) is 14.6 Å². The largest absolute Gasteiger partial charge is 0.302 e. The number of rotatable bonds is 5. The van der Waals surface area contributed by atoms with Crippen molar-refractivity contribution in [1.29, 1.82) is 5.41 Å². The summed E-state index contributed by atoms with van der Waals surface area (Å²) in [6, 6.07) is 0. The number of thioether (sulfide) groups is 1. The van der Waals surface area contributed by atoms with Gasteiger partial charge in [0.25, 0.3) is 0 Å². The molecule has 1 nitrogen and oxygen atoms in total. The highest BCUT2D eigenvalue weighted by Gasteiger charge is 2.28. The lowest BCUT2D eigenvalue weighted by molar-refractivity contribution is 0.236. The third-order valence-corrected chi connectivity index (χ3v) is 6.22. The Morgan fingerprint density at radius 1 is 1.21 bits per heavy atom. The molecular weight excluding hydrogens is 420 g/mol. The molecule has 0 radical (unpaired) electrons. The van der Waals surface area contributed by atoms with E-state index in [1.165, 1.54) is 39.4 Å². The number of halogens is 2. The second-order valence-corrected chi connectivity index (χ2v) is 6.62. The summed E-state index contributed by atoms with van der Waals surface area (Å²) in [5, 5.41) is 7.05. The Hall–Kier alpha value is 1.48. The lowest BCUT2D eigenvalue weighted by Crippen LogP contribution is -2.28. The molecule has 0 aliphatic heterocycles. The van der Waals surface area contributed by atoms with E-state index in [0.29, 0.717) is 0 Å². The zero-order chi connectivity index (χ0) is 10.4. The molecule has 0 saturated heterocycles. The zero-order valence-corrected chi connectivity index (χ0v) is 13.3. The molecule has 1 N–H and O–H groups in total. The van der Waals surface area contributed by atoms with Gasteiger partial charge in [0.15, 0.2) is 0 Å². The van der Waals surface area contributed by atoms with Crippen LogP contribution >= 0.6 is 56.9 Å². The maximum atomic E-state index is 7.05. The van der Waals surface area contributed by atoms with Gasteiger partial charge in [-0.05, 0) is 37.0 Å². The maximum Gasteiger partial charge on any atom is 0.0506 e. The Morgan fingerprint density at radius 2 is 2.00 bits per heavy atom. The molecule has 82 valence electrons. The van der Waals surface area contributed by atoms with Gasteiger partial charge in [-0.2, -0.15) is 0 Å². The first-order chi connectivity index (χ1) is 6.81. The lowest BCUT2D eigenvalue weighted by atomic mass is 9.76. The molecule has 0 bridgehead atoms. The molecule has 0 aromatic heterocycles. The number of hydrogen-bond acceptors (Lipinski definition) is 2. The number of hydrogen-bond donors (Lipinski definition) is 1. The van der Waals surface area contributed by atoms with Gasteiger partial charge in [-0.25, -0.2) is 0 Å². The van der Waals surface area contributed by atoms with Crippen molar-refractivity contribution < 1.29 is 0 Å². The monoisotopic (exact) mass is 437 g/mol. The third-order valence-electron chi connectivity index (χ3n) is 3.06. The molecule has 1 aliphatic carbocycles. The van der Waals surface area contributed by atoms with Gasteiger partial charge in [0.2, 0.25) is 0 Å². The third kappa shape index (κ3) is 4.15. The van der Waals surface area contributed by atoms with Crippen molar-refractivity contribution in [2.24, 2.45) is 17.8 Å². The quantitative estimate of drug-likeness (QED) is 0.296. The minimum atomic E-state index is 0.873. The Kier molecular flexibility index (Phi) is 7.45. The average molecular weight is 437 g/mol. The van der Waals surface area contributed by atoms with E-state index in [-0.39, 0.29) is 0 Å². The van der Waals surface area contributed by atoms with Crippen LogP contribution in [0.1, 0.15) is 19.3 Å². The van der Waals surface area contributed by atoms with E-state index in [9.17, 15) is 0 Å². The van der Waals surface area contributed by atoms with Crippen LogP contribution in [-0.4, -0.2) is 20.2 Å². The van der Waals surface area contributed by atoms with E-state index < -0.39 is 0 Å². The van der Waals surface area contributed by atoms with Gasteiger partial charge in [-0.15, -0.1) is 11.8 Å². The molecular formula is C10H17I2NS. The van der Waals surface area contributed by atoms with Crippen LogP contribution in [0, 0.1) is 23.2 Å².